The van der Waals surface area contributed by atoms with E-state index in [2.05, 4.69) is 39.0 Å². The molecule has 0 saturated heterocycles. The van der Waals surface area contributed by atoms with Crippen molar-refractivity contribution in [3.8, 4) is 0 Å². The molecule has 0 N–H and O–H groups in total. The largest absolute Gasteiger partial charge is 0.0802 e. The van der Waals surface area contributed by atoms with Crippen LogP contribution < -0.4 is 0 Å². The molecule has 0 spiro atoms. The predicted molar refractivity (Wildman–Crippen MR) is 45.9 cm³/mol. The number of hydrogen-bond donors (Lipinski definition) is 0. The summed E-state index contributed by atoms with van der Waals surface area (Å²) >= 11 is 0. The molecule has 1 aliphatic carbocycles. The molecule has 0 fully saturated rings. The Kier molecular flexibility index (Phi) is 2.10. The van der Waals surface area contributed by atoms with Gasteiger partial charge in [0.05, 0.1) is 0 Å². The van der Waals surface area contributed by atoms with E-state index < -0.39 is 0 Å². The zero-order valence-corrected chi connectivity index (χ0v) is 6.94. The maximum absolute atomic E-state index is 2.23. The van der Waals surface area contributed by atoms with E-state index in [1.54, 1.807) is 0 Å². The van der Waals surface area contributed by atoms with Gasteiger partial charge in [-0.15, -0.1) is 0 Å². The molecule has 0 nitrogen and oxygen atoms in total. The van der Waals surface area contributed by atoms with E-state index in [0.717, 1.165) is 6.42 Å². The number of rotatable bonds is 0. The van der Waals surface area contributed by atoms with E-state index in [9.17, 15) is 0 Å². The third-order valence-corrected chi connectivity index (χ3v) is 1.92. The first-order chi connectivity index (χ1) is 4.70. The molecule has 0 aliphatic heterocycles. The van der Waals surface area contributed by atoms with E-state index >= 15 is 0 Å². The van der Waals surface area contributed by atoms with Gasteiger partial charge in [-0.2, -0.15) is 0 Å². The second-order valence-electron chi connectivity index (χ2n) is 2.96. The lowest BCUT2D eigenvalue weighted by molar-refractivity contribution is 1.17. The summed E-state index contributed by atoms with van der Waals surface area (Å²) in [6, 6.07) is 0. The van der Waals surface area contributed by atoms with Crippen LogP contribution in [0.2, 0.25) is 0 Å². The first kappa shape index (κ1) is 7.33. The van der Waals surface area contributed by atoms with Crippen molar-refractivity contribution < 1.29 is 0 Å². The molecule has 10 heavy (non-hydrogen) atoms. The van der Waals surface area contributed by atoms with Crippen LogP contribution in [0, 0.1) is 0 Å². The molecule has 0 saturated carbocycles. The molecular weight excluding hydrogens is 120 g/mol. The van der Waals surface area contributed by atoms with Gasteiger partial charge in [-0.25, -0.2) is 0 Å². The maximum atomic E-state index is 2.23. The minimum Gasteiger partial charge on any atom is -0.0802 e. The van der Waals surface area contributed by atoms with E-state index in [1.807, 2.05) is 0 Å². The van der Waals surface area contributed by atoms with Crippen LogP contribution in [0.25, 0.3) is 0 Å². The second-order valence-corrected chi connectivity index (χ2v) is 2.96. The highest BCUT2D eigenvalue weighted by Gasteiger charge is 1.95. The summed E-state index contributed by atoms with van der Waals surface area (Å²) < 4.78 is 0. The molecule has 0 aromatic rings. The summed E-state index contributed by atoms with van der Waals surface area (Å²) in [5, 5.41) is 0. The molecule has 54 valence electrons. The average Bonchev–Trinajstić information content (AvgIpc) is 1.96. The second kappa shape index (κ2) is 2.87. The van der Waals surface area contributed by atoms with Crippen LogP contribution in [0.15, 0.2) is 34.9 Å². The third-order valence-electron chi connectivity index (χ3n) is 1.92. The molecule has 1 rings (SSSR count). The van der Waals surface area contributed by atoms with Crippen molar-refractivity contribution >= 4 is 0 Å². The zero-order chi connectivity index (χ0) is 7.56. The van der Waals surface area contributed by atoms with Crippen molar-refractivity contribution in [3.05, 3.63) is 34.9 Å². The summed E-state index contributed by atoms with van der Waals surface area (Å²) in [6.45, 7) is 6.50. The van der Waals surface area contributed by atoms with Gasteiger partial charge < -0.3 is 0 Å². The molecule has 1 aliphatic rings. The highest BCUT2D eigenvalue weighted by atomic mass is 14.0. The van der Waals surface area contributed by atoms with Gasteiger partial charge in [0.2, 0.25) is 0 Å². The lowest BCUT2D eigenvalue weighted by atomic mass is 10.1. The van der Waals surface area contributed by atoms with Gasteiger partial charge in [-0.1, -0.05) is 34.9 Å². The molecule has 0 amide bonds. The molecule has 0 heterocycles. The lowest BCUT2D eigenvalue weighted by Gasteiger charge is -1.96. The van der Waals surface area contributed by atoms with Crippen LogP contribution in [0.4, 0.5) is 0 Å². The van der Waals surface area contributed by atoms with Gasteiger partial charge in [0.25, 0.3) is 0 Å². The van der Waals surface area contributed by atoms with Crippen molar-refractivity contribution in [1.82, 2.24) is 0 Å². The summed E-state index contributed by atoms with van der Waals surface area (Å²) in [6.07, 6.45) is 7.75. The van der Waals surface area contributed by atoms with Crippen LogP contribution in [0.5, 0.6) is 0 Å². The molecule has 0 bridgehead atoms. The highest BCUT2D eigenvalue weighted by molar-refractivity contribution is 5.34. The minimum atomic E-state index is 1.11. The molecule has 0 aromatic carbocycles. The lowest BCUT2D eigenvalue weighted by Crippen LogP contribution is -1.76. The fourth-order valence-corrected chi connectivity index (χ4v) is 1.10. The van der Waals surface area contributed by atoms with E-state index in [4.69, 9.17) is 0 Å². The van der Waals surface area contributed by atoms with Crippen LogP contribution in [0.3, 0.4) is 0 Å². The first-order valence-corrected chi connectivity index (χ1v) is 3.71. The van der Waals surface area contributed by atoms with Gasteiger partial charge in [0.15, 0.2) is 0 Å². The van der Waals surface area contributed by atoms with E-state index in [-0.39, 0.29) is 0 Å². The topological polar surface area (TPSA) is 0 Å². The van der Waals surface area contributed by atoms with Crippen molar-refractivity contribution in [2.24, 2.45) is 0 Å². The van der Waals surface area contributed by atoms with E-state index in [0.29, 0.717) is 0 Å². The summed E-state index contributed by atoms with van der Waals surface area (Å²) in [5.41, 5.74) is 4.25. The van der Waals surface area contributed by atoms with Crippen LogP contribution in [0.1, 0.15) is 27.2 Å². The van der Waals surface area contributed by atoms with Gasteiger partial charge >= 0.3 is 0 Å². The fraction of sp³-hybridized carbons (Fsp3) is 0.400. The van der Waals surface area contributed by atoms with Gasteiger partial charge in [-0.05, 0) is 27.2 Å². The Balaban J connectivity index is 2.96. The fourth-order valence-electron chi connectivity index (χ4n) is 1.10. The maximum Gasteiger partial charge on any atom is -0.0133 e. The van der Waals surface area contributed by atoms with Crippen LogP contribution >= 0.6 is 0 Å². The third kappa shape index (κ3) is 1.60. The molecule has 0 atom stereocenters. The monoisotopic (exact) mass is 134 g/mol. The Morgan fingerprint density at radius 2 is 1.90 bits per heavy atom. The molecule has 0 unspecified atom stereocenters. The van der Waals surface area contributed by atoms with E-state index in [1.165, 1.54) is 16.7 Å². The first-order valence-electron chi connectivity index (χ1n) is 3.71. The van der Waals surface area contributed by atoms with Crippen molar-refractivity contribution in [3.63, 3.8) is 0 Å². The van der Waals surface area contributed by atoms with Crippen molar-refractivity contribution in [1.29, 1.82) is 0 Å². The van der Waals surface area contributed by atoms with Gasteiger partial charge in [0, 0.05) is 0 Å². The van der Waals surface area contributed by atoms with Crippen molar-refractivity contribution in [2.75, 3.05) is 0 Å². The van der Waals surface area contributed by atoms with Gasteiger partial charge in [0.1, 0.15) is 0 Å². The quantitative estimate of drug-likeness (QED) is 0.477. The predicted octanol–water partition coefficient (Wildman–Crippen LogP) is 3.23. The Morgan fingerprint density at radius 1 is 1.20 bits per heavy atom. The Labute approximate surface area is 62.9 Å². The molecule has 0 aromatic heterocycles. The van der Waals surface area contributed by atoms with Gasteiger partial charge in [-0.3, -0.25) is 0 Å². The minimum absolute atomic E-state index is 1.11. The summed E-state index contributed by atoms with van der Waals surface area (Å²) in [4.78, 5) is 0. The average molecular weight is 134 g/mol. The molecular formula is C10H14. The number of hydrogen-bond acceptors (Lipinski definition) is 0. The highest BCUT2D eigenvalue weighted by Crippen LogP contribution is 2.16. The van der Waals surface area contributed by atoms with Crippen molar-refractivity contribution in [2.45, 2.75) is 27.2 Å². The SMILES string of the molecule is CC1=CC(C)=C(C)CC=C1. The Hall–Kier alpha value is -0.780. The molecule has 0 heteroatoms. The Morgan fingerprint density at radius 3 is 2.60 bits per heavy atom. The number of allylic oxidation sites excluding steroid dienone is 6. The smallest absolute Gasteiger partial charge is 0.0133 e. The zero-order valence-electron chi connectivity index (χ0n) is 6.94. The molecule has 0 radical (unpaired) electrons. The summed E-state index contributed by atoms with van der Waals surface area (Å²) in [5.74, 6) is 0. The Bertz CT molecular complexity index is 214. The van der Waals surface area contributed by atoms with Crippen LogP contribution in [-0.4, -0.2) is 0 Å². The van der Waals surface area contributed by atoms with Crippen LogP contribution in [-0.2, 0) is 0 Å². The standard InChI is InChI=1S/C10H14/c1-8-5-4-6-9(2)10(3)7-8/h4-5,7H,6H2,1-3H3. The summed E-state index contributed by atoms with van der Waals surface area (Å²) in [7, 11) is 0. The normalized spacial score (nSPS) is 18.9.